The van der Waals surface area contributed by atoms with Crippen molar-refractivity contribution in [2.45, 2.75) is 30.7 Å². The van der Waals surface area contributed by atoms with Crippen LogP contribution in [0, 0.1) is 23.3 Å². The number of piperidine rings is 1. The van der Waals surface area contributed by atoms with Crippen molar-refractivity contribution in [2.24, 2.45) is 0 Å². The maximum absolute atomic E-state index is 14.0. The van der Waals surface area contributed by atoms with Gasteiger partial charge in [-0.1, -0.05) is 0 Å². The third-order valence-corrected chi connectivity index (χ3v) is 6.64. The first-order valence-electron chi connectivity index (χ1n) is 11.1. The predicted molar refractivity (Wildman–Crippen MR) is 126 cm³/mol. The first-order valence-corrected chi connectivity index (χ1v) is 11.1. The van der Waals surface area contributed by atoms with Gasteiger partial charge in [0.05, 0.1) is 6.54 Å². The molecule has 2 aliphatic heterocycles. The Morgan fingerprint density at radius 2 is 1.74 bits per heavy atom. The maximum atomic E-state index is 14.0. The van der Waals surface area contributed by atoms with Crippen LogP contribution in [-0.4, -0.2) is 51.1 Å². The van der Waals surface area contributed by atoms with Crippen molar-refractivity contribution in [2.75, 3.05) is 38.1 Å². The largest absolute Gasteiger partial charge is 0.361 e. The molecule has 1 spiro atoms. The van der Waals surface area contributed by atoms with Gasteiger partial charge in [0, 0.05) is 31.1 Å². The summed E-state index contributed by atoms with van der Waals surface area (Å²) in [5, 5.41) is 8.33. The van der Waals surface area contributed by atoms with E-state index in [-0.39, 0.29) is 42.2 Å². The van der Waals surface area contributed by atoms with Crippen LogP contribution in [0.4, 0.5) is 23.2 Å². The van der Waals surface area contributed by atoms with Crippen LogP contribution in [0.1, 0.15) is 24.0 Å². The summed E-state index contributed by atoms with van der Waals surface area (Å²) in [6.45, 7) is 2.05. The molecule has 0 radical (unpaired) electrons. The minimum atomic E-state index is -1.60. The van der Waals surface area contributed by atoms with Crippen LogP contribution in [0.2, 0.25) is 0 Å². The number of nitrogens with zero attached hydrogens (tertiary/aromatic N) is 1. The number of rotatable bonds is 6. The fourth-order valence-electron chi connectivity index (χ4n) is 4.98. The molecule has 2 amide bonds. The van der Waals surface area contributed by atoms with Crippen molar-refractivity contribution >= 4 is 29.9 Å². The first kappa shape index (κ1) is 26.7. The SMILES string of the molecule is CNC(=O)[C@@H](Cc1cc(F)c(F)c(F)c1)NC(=O)CN1CC2(CCNCC2)c2cc(F)ccc21.Cl. The van der Waals surface area contributed by atoms with Crippen LogP contribution >= 0.6 is 12.4 Å². The molecule has 3 N–H and O–H groups in total. The molecule has 2 aliphatic rings. The van der Waals surface area contributed by atoms with Crippen LogP contribution in [-0.2, 0) is 21.4 Å². The lowest BCUT2D eigenvalue weighted by atomic mass is 9.75. The molecule has 4 rings (SSSR count). The summed E-state index contributed by atoms with van der Waals surface area (Å²) in [5.74, 6) is -5.70. The van der Waals surface area contributed by atoms with Gasteiger partial charge in [-0.2, -0.15) is 0 Å². The third-order valence-electron chi connectivity index (χ3n) is 6.64. The molecule has 11 heteroatoms. The minimum absolute atomic E-state index is 0. The minimum Gasteiger partial charge on any atom is -0.361 e. The maximum Gasteiger partial charge on any atom is 0.242 e. The Bertz CT molecular complexity index is 1090. The lowest BCUT2D eigenvalue weighted by Gasteiger charge is -2.35. The van der Waals surface area contributed by atoms with E-state index in [0.29, 0.717) is 6.54 Å². The van der Waals surface area contributed by atoms with E-state index >= 15 is 0 Å². The molecule has 2 heterocycles. The predicted octanol–water partition coefficient (Wildman–Crippen LogP) is 2.58. The van der Waals surface area contributed by atoms with Crippen LogP contribution in [0.25, 0.3) is 0 Å². The molecular formula is C24H27ClF4N4O2. The zero-order valence-electron chi connectivity index (χ0n) is 19.1. The van der Waals surface area contributed by atoms with Gasteiger partial charge >= 0.3 is 0 Å². The Balaban J connectivity index is 0.00000342. The Morgan fingerprint density at radius 3 is 2.37 bits per heavy atom. The van der Waals surface area contributed by atoms with E-state index < -0.39 is 35.3 Å². The highest BCUT2D eigenvalue weighted by atomic mass is 35.5. The average Bonchev–Trinajstić information content (AvgIpc) is 3.08. The van der Waals surface area contributed by atoms with E-state index in [9.17, 15) is 27.2 Å². The number of carbonyl (C=O) groups excluding carboxylic acids is 2. The van der Waals surface area contributed by atoms with Gasteiger partial charge in [-0.05, 0) is 67.4 Å². The molecule has 2 aromatic carbocycles. The molecule has 0 bridgehead atoms. The number of carbonyl (C=O) groups is 2. The number of hydrogen-bond donors (Lipinski definition) is 3. The number of anilines is 1. The van der Waals surface area contributed by atoms with Gasteiger partial charge in [0.2, 0.25) is 11.8 Å². The van der Waals surface area contributed by atoms with Gasteiger partial charge < -0.3 is 20.9 Å². The van der Waals surface area contributed by atoms with Gasteiger partial charge in [-0.15, -0.1) is 12.4 Å². The summed E-state index contributed by atoms with van der Waals surface area (Å²) in [6, 6.07) is 5.02. The number of nitrogens with one attached hydrogen (secondary N) is 3. The van der Waals surface area contributed by atoms with E-state index in [1.54, 1.807) is 6.07 Å². The summed E-state index contributed by atoms with van der Waals surface area (Å²) in [4.78, 5) is 27.2. The second-order valence-electron chi connectivity index (χ2n) is 8.86. The topological polar surface area (TPSA) is 73.5 Å². The molecule has 35 heavy (non-hydrogen) atoms. The highest BCUT2D eigenvalue weighted by Gasteiger charge is 2.44. The zero-order chi connectivity index (χ0) is 24.5. The van der Waals surface area contributed by atoms with Gasteiger partial charge in [-0.25, -0.2) is 17.6 Å². The normalized spacial score (nSPS) is 16.9. The molecule has 0 unspecified atom stereocenters. The smallest absolute Gasteiger partial charge is 0.242 e. The molecule has 1 fully saturated rings. The number of likely N-dealkylation sites (N-methyl/N-ethyl adjacent to an activating group) is 1. The Morgan fingerprint density at radius 1 is 1.09 bits per heavy atom. The Labute approximate surface area is 206 Å². The number of fused-ring (bicyclic) bond motifs is 2. The van der Waals surface area contributed by atoms with Crippen molar-refractivity contribution in [1.82, 2.24) is 16.0 Å². The van der Waals surface area contributed by atoms with Gasteiger partial charge in [0.1, 0.15) is 11.9 Å². The van der Waals surface area contributed by atoms with Crippen molar-refractivity contribution < 1.29 is 27.2 Å². The monoisotopic (exact) mass is 514 g/mol. The highest BCUT2D eigenvalue weighted by molar-refractivity contribution is 5.90. The molecule has 0 aromatic heterocycles. The highest BCUT2D eigenvalue weighted by Crippen LogP contribution is 2.46. The van der Waals surface area contributed by atoms with Crippen molar-refractivity contribution in [3.05, 3.63) is 64.7 Å². The summed E-state index contributed by atoms with van der Waals surface area (Å²) < 4.78 is 54.5. The van der Waals surface area contributed by atoms with Gasteiger partial charge in [0.25, 0.3) is 0 Å². The molecule has 6 nitrogen and oxygen atoms in total. The van der Waals surface area contributed by atoms with Crippen LogP contribution < -0.4 is 20.9 Å². The molecule has 1 saturated heterocycles. The molecular weight excluding hydrogens is 488 g/mol. The van der Waals surface area contributed by atoms with E-state index in [1.807, 2.05) is 4.90 Å². The summed E-state index contributed by atoms with van der Waals surface area (Å²) in [5.41, 5.74) is 1.42. The van der Waals surface area contributed by atoms with Crippen molar-refractivity contribution in [3.63, 3.8) is 0 Å². The Hall–Kier alpha value is -2.85. The summed E-state index contributed by atoms with van der Waals surface area (Å²) in [7, 11) is 1.37. The van der Waals surface area contributed by atoms with E-state index in [1.165, 1.54) is 19.2 Å². The average molecular weight is 515 g/mol. The fraction of sp³-hybridized carbons (Fsp3) is 0.417. The zero-order valence-corrected chi connectivity index (χ0v) is 19.9. The molecule has 0 saturated carbocycles. The number of benzene rings is 2. The van der Waals surface area contributed by atoms with Gasteiger partial charge in [-0.3, -0.25) is 9.59 Å². The van der Waals surface area contributed by atoms with E-state index in [4.69, 9.17) is 0 Å². The Kier molecular flexibility index (Phi) is 8.27. The quantitative estimate of drug-likeness (QED) is 0.409. The number of halogens is 5. The molecule has 0 aliphatic carbocycles. The summed E-state index contributed by atoms with van der Waals surface area (Å²) >= 11 is 0. The van der Waals surface area contributed by atoms with Crippen molar-refractivity contribution in [1.29, 1.82) is 0 Å². The van der Waals surface area contributed by atoms with E-state index in [2.05, 4.69) is 16.0 Å². The standard InChI is InChI=1S/C24H26F4N4O2.ClH/c1-29-23(34)19(10-14-8-17(26)22(28)18(27)9-14)31-21(33)12-32-13-24(4-6-30-7-5-24)16-11-15(25)2-3-20(16)32;/h2-3,8-9,11,19,30H,4-7,10,12-13H2,1H3,(H,29,34)(H,31,33);1H/t19-;/m1./s1. The first-order chi connectivity index (χ1) is 16.2. The number of hydrogen-bond acceptors (Lipinski definition) is 4. The second kappa shape index (κ2) is 10.8. The molecule has 190 valence electrons. The van der Waals surface area contributed by atoms with E-state index in [0.717, 1.165) is 49.3 Å². The molecule has 2 aromatic rings. The fourth-order valence-corrected chi connectivity index (χ4v) is 4.98. The lowest BCUT2D eigenvalue weighted by Crippen LogP contribution is -2.50. The lowest BCUT2D eigenvalue weighted by molar-refractivity contribution is -0.128. The summed E-state index contributed by atoms with van der Waals surface area (Å²) in [6.07, 6.45) is 1.39. The second-order valence-corrected chi connectivity index (χ2v) is 8.86. The number of amides is 2. The van der Waals surface area contributed by atoms with Crippen LogP contribution in [0.5, 0.6) is 0 Å². The third kappa shape index (κ3) is 5.54. The van der Waals surface area contributed by atoms with Crippen molar-refractivity contribution in [3.8, 4) is 0 Å². The molecule has 1 atom stereocenters. The van der Waals surface area contributed by atoms with Crippen LogP contribution in [0.3, 0.4) is 0 Å². The van der Waals surface area contributed by atoms with Gasteiger partial charge in [0.15, 0.2) is 17.5 Å². The van der Waals surface area contributed by atoms with Crippen LogP contribution in [0.15, 0.2) is 30.3 Å².